The number of hydrogen-bond acceptors (Lipinski definition) is 5. The van der Waals surface area contributed by atoms with Crippen molar-refractivity contribution in [1.82, 2.24) is 4.90 Å². The van der Waals surface area contributed by atoms with Gasteiger partial charge in [-0.05, 0) is 68.7 Å². The second-order valence-corrected chi connectivity index (χ2v) is 8.41. The van der Waals surface area contributed by atoms with Crippen LogP contribution in [0.2, 0.25) is 0 Å². The van der Waals surface area contributed by atoms with E-state index in [0.717, 1.165) is 11.1 Å². The standard InChI is InChI=1S/C25H28N2O4/c1-15-10-16(2)12-20(11-15)27-24(28)22(19-6-8-21(30-5)9-7-19)23(25(27)29)26-13-17(3)31-18(4)14-26/h6-12,17-18H,13-14H2,1-5H3. The first-order chi connectivity index (χ1) is 14.8. The van der Waals surface area contributed by atoms with Crippen LogP contribution in [0.1, 0.15) is 30.5 Å². The number of carbonyl (C=O) groups is 2. The molecule has 1 fully saturated rings. The number of methoxy groups -OCH3 is 1. The van der Waals surface area contributed by atoms with Gasteiger partial charge in [0.05, 0.1) is 30.6 Å². The highest BCUT2D eigenvalue weighted by atomic mass is 16.5. The molecule has 0 radical (unpaired) electrons. The van der Waals surface area contributed by atoms with Crippen LogP contribution in [0.3, 0.4) is 0 Å². The lowest BCUT2D eigenvalue weighted by Gasteiger charge is -2.37. The Hall–Kier alpha value is -3.12. The van der Waals surface area contributed by atoms with Crippen molar-refractivity contribution in [3.8, 4) is 5.75 Å². The number of rotatable bonds is 4. The Morgan fingerprint density at radius 1 is 0.903 bits per heavy atom. The van der Waals surface area contributed by atoms with Crippen molar-refractivity contribution in [2.24, 2.45) is 0 Å². The van der Waals surface area contributed by atoms with E-state index in [0.29, 0.717) is 41.4 Å². The van der Waals surface area contributed by atoms with Gasteiger partial charge in [-0.15, -0.1) is 0 Å². The van der Waals surface area contributed by atoms with Gasteiger partial charge in [-0.2, -0.15) is 0 Å². The van der Waals surface area contributed by atoms with E-state index in [1.165, 1.54) is 4.90 Å². The molecule has 2 aromatic rings. The number of anilines is 1. The van der Waals surface area contributed by atoms with Crippen LogP contribution < -0.4 is 9.64 Å². The molecule has 2 atom stereocenters. The molecule has 2 heterocycles. The predicted molar refractivity (Wildman–Crippen MR) is 120 cm³/mol. The molecular weight excluding hydrogens is 392 g/mol. The van der Waals surface area contributed by atoms with Crippen LogP contribution in [0.25, 0.3) is 5.57 Å². The average Bonchev–Trinajstić information content (AvgIpc) is 2.96. The molecule has 2 unspecified atom stereocenters. The van der Waals surface area contributed by atoms with E-state index < -0.39 is 0 Å². The maximum Gasteiger partial charge on any atom is 0.282 e. The fraction of sp³-hybridized carbons (Fsp3) is 0.360. The first-order valence-electron chi connectivity index (χ1n) is 10.5. The minimum Gasteiger partial charge on any atom is -0.497 e. The quantitative estimate of drug-likeness (QED) is 0.706. The minimum absolute atomic E-state index is 0.0356. The molecule has 2 aliphatic rings. The third kappa shape index (κ3) is 3.95. The summed E-state index contributed by atoms with van der Waals surface area (Å²) in [7, 11) is 1.60. The second-order valence-electron chi connectivity index (χ2n) is 8.41. The van der Waals surface area contributed by atoms with Gasteiger partial charge in [-0.3, -0.25) is 9.59 Å². The third-order valence-corrected chi connectivity index (χ3v) is 5.64. The van der Waals surface area contributed by atoms with E-state index in [4.69, 9.17) is 9.47 Å². The first kappa shape index (κ1) is 21.1. The van der Waals surface area contributed by atoms with E-state index in [-0.39, 0.29) is 24.0 Å². The van der Waals surface area contributed by atoms with Crippen LogP contribution in [-0.4, -0.2) is 49.1 Å². The van der Waals surface area contributed by atoms with Gasteiger partial charge in [-0.1, -0.05) is 18.2 Å². The molecule has 2 aromatic carbocycles. The van der Waals surface area contributed by atoms with Crippen molar-refractivity contribution in [2.75, 3.05) is 25.1 Å². The average molecular weight is 421 g/mol. The van der Waals surface area contributed by atoms with Crippen LogP contribution in [-0.2, 0) is 14.3 Å². The molecule has 6 heteroatoms. The van der Waals surface area contributed by atoms with Crippen LogP contribution in [0.4, 0.5) is 5.69 Å². The minimum atomic E-state index is -0.304. The lowest BCUT2D eigenvalue weighted by atomic mass is 10.0. The summed E-state index contributed by atoms with van der Waals surface area (Å²) in [6.07, 6.45) is -0.0712. The van der Waals surface area contributed by atoms with Crippen molar-refractivity contribution >= 4 is 23.1 Å². The number of hydrogen-bond donors (Lipinski definition) is 0. The van der Waals surface area contributed by atoms with Gasteiger partial charge >= 0.3 is 0 Å². The maximum absolute atomic E-state index is 13.7. The summed E-state index contributed by atoms with van der Waals surface area (Å²) in [6.45, 7) is 9.01. The normalized spacial score (nSPS) is 21.8. The Morgan fingerprint density at radius 2 is 1.48 bits per heavy atom. The summed E-state index contributed by atoms with van der Waals surface area (Å²) in [5.74, 6) is 0.103. The van der Waals surface area contributed by atoms with Crippen molar-refractivity contribution in [2.45, 2.75) is 39.9 Å². The molecular formula is C25H28N2O4. The Bertz CT molecular complexity index is 1030. The molecule has 0 spiro atoms. The van der Waals surface area contributed by atoms with E-state index in [1.54, 1.807) is 7.11 Å². The van der Waals surface area contributed by atoms with Crippen molar-refractivity contribution in [1.29, 1.82) is 0 Å². The highest BCUT2D eigenvalue weighted by Crippen LogP contribution is 2.37. The van der Waals surface area contributed by atoms with Crippen LogP contribution in [0.15, 0.2) is 48.2 Å². The zero-order valence-corrected chi connectivity index (χ0v) is 18.6. The summed E-state index contributed by atoms with van der Waals surface area (Å²) < 4.78 is 11.1. The summed E-state index contributed by atoms with van der Waals surface area (Å²) in [5, 5.41) is 0. The molecule has 0 saturated carbocycles. The third-order valence-electron chi connectivity index (χ3n) is 5.64. The lowest BCUT2D eigenvalue weighted by molar-refractivity contribution is -0.121. The Morgan fingerprint density at radius 3 is 2.03 bits per heavy atom. The van der Waals surface area contributed by atoms with Crippen molar-refractivity contribution < 1.29 is 19.1 Å². The summed E-state index contributed by atoms with van der Waals surface area (Å²) in [5.41, 5.74) is 4.17. The summed E-state index contributed by atoms with van der Waals surface area (Å²) in [4.78, 5) is 30.7. The molecule has 31 heavy (non-hydrogen) atoms. The number of morpholine rings is 1. The van der Waals surface area contributed by atoms with Gasteiger partial charge in [0.25, 0.3) is 11.8 Å². The number of benzene rings is 2. The summed E-state index contributed by atoms with van der Waals surface area (Å²) in [6, 6.07) is 13.1. The molecule has 1 saturated heterocycles. The van der Waals surface area contributed by atoms with Gasteiger partial charge in [0.2, 0.25) is 0 Å². The molecule has 0 aliphatic carbocycles. The SMILES string of the molecule is COc1ccc(C2=C(N3CC(C)OC(C)C3)C(=O)N(c3cc(C)cc(C)c3)C2=O)cc1. The number of amides is 2. The number of aryl methyl sites for hydroxylation is 2. The molecule has 2 aliphatic heterocycles. The molecule has 0 bridgehead atoms. The Kier molecular flexibility index (Phi) is 5.58. The fourth-order valence-electron chi connectivity index (χ4n) is 4.50. The van der Waals surface area contributed by atoms with E-state index >= 15 is 0 Å². The second kappa shape index (κ2) is 8.19. The van der Waals surface area contributed by atoms with Crippen LogP contribution in [0, 0.1) is 13.8 Å². The van der Waals surface area contributed by atoms with Crippen molar-refractivity contribution in [3.05, 3.63) is 64.9 Å². The van der Waals surface area contributed by atoms with Gasteiger partial charge in [-0.25, -0.2) is 4.90 Å². The van der Waals surface area contributed by atoms with Gasteiger partial charge in [0, 0.05) is 13.1 Å². The van der Waals surface area contributed by atoms with Gasteiger partial charge in [0.1, 0.15) is 11.4 Å². The predicted octanol–water partition coefficient (Wildman–Crippen LogP) is 3.71. The highest BCUT2D eigenvalue weighted by molar-refractivity contribution is 6.45. The van der Waals surface area contributed by atoms with Crippen molar-refractivity contribution in [3.63, 3.8) is 0 Å². The smallest absolute Gasteiger partial charge is 0.282 e. The van der Waals surface area contributed by atoms with Gasteiger partial charge < -0.3 is 14.4 Å². The largest absolute Gasteiger partial charge is 0.497 e. The molecule has 2 amide bonds. The fourth-order valence-corrected chi connectivity index (χ4v) is 4.50. The molecule has 162 valence electrons. The van der Waals surface area contributed by atoms with E-state index in [1.807, 2.05) is 75.1 Å². The molecule has 0 N–H and O–H groups in total. The number of carbonyl (C=O) groups excluding carboxylic acids is 2. The van der Waals surface area contributed by atoms with Crippen LogP contribution in [0.5, 0.6) is 5.75 Å². The first-order valence-corrected chi connectivity index (χ1v) is 10.5. The molecule has 4 rings (SSSR count). The maximum atomic E-state index is 13.7. The topological polar surface area (TPSA) is 59.1 Å². The van der Waals surface area contributed by atoms with E-state index in [2.05, 4.69) is 0 Å². The highest BCUT2D eigenvalue weighted by Gasteiger charge is 2.44. The number of nitrogens with zero attached hydrogens (tertiary/aromatic N) is 2. The molecule has 6 nitrogen and oxygen atoms in total. The zero-order chi connectivity index (χ0) is 22.3. The Labute approximate surface area is 183 Å². The number of ether oxygens (including phenoxy) is 2. The zero-order valence-electron chi connectivity index (χ0n) is 18.6. The van der Waals surface area contributed by atoms with Crippen LogP contribution >= 0.6 is 0 Å². The Balaban J connectivity index is 1.84. The number of imide groups is 1. The summed E-state index contributed by atoms with van der Waals surface area (Å²) >= 11 is 0. The van der Waals surface area contributed by atoms with E-state index in [9.17, 15) is 9.59 Å². The molecule has 0 aromatic heterocycles. The monoisotopic (exact) mass is 420 g/mol. The van der Waals surface area contributed by atoms with Gasteiger partial charge in [0.15, 0.2) is 0 Å². The lowest BCUT2D eigenvalue weighted by Crippen LogP contribution is -2.47.